The van der Waals surface area contributed by atoms with Gasteiger partial charge in [-0.15, -0.1) is 0 Å². The monoisotopic (exact) mass is 469 g/mol. The second-order valence-electron chi connectivity index (χ2n) is 6.63. The van der Waals surface area contributed by atoms with Crippen LogP contribution in [0.25, 0.3) is 11.6 Å². The molecular formula is C20H12Cl2F3N3O3. The van der Waals surface area contributed by atoms with Crippen LogP contribution in [0.4, 0.5) is 18.9 Å². The smallest absolute Gasteiger partial charge is 0.329 e. The lowest BCUT2D eigenvalue weighted by Crippen LogP contribution is -2.27. The van der Waals surface area contributed by atoms with Crippen molar-refractivity contribution in [2.24, 2.45) is 4.99 Å². The van der Waals surface area contributed by atoms with Crippen molar-refractivity contribution in [1.29, 1.82) is 0 Å². The van der Waals surface area contributed by atoms with E-state index >= 15 is 0 Å². The van der Waals surface area contributed by atoms with Crippen LogP contribution in [-0.2, 0) is 0 Å². The van der Waals surface area contributed by atoms with Crippen molar-refractivity contribution < 1.29 is 23.4 Å². The van der Waals surface area contributed by atoms with Crippen LogP contribution in [0.5, 0.6) is 5.88 Å². The number of aromatic amines is 1. The molecule has 1 unspecified atom stereocenters. The van der Waals surface area contributed by atoms with Gasteiger partial charge in [-0.1, -0.05) is 29.3 Å². The highest BCUT2D eigenvalue weighted by Crippen LogP contribution is 2.38. The number of nitrogens with one attached hydrogen (secondary N) is 1. The molecule has 11 heteroatoms. The maximum atomic E-state index is 14.3. The number of fused-ring (bicyclic) bond motifs is 1. The van der Waals surface area contributed by atoms with E-state index in [9.17, 15) is 28.2 Å². The van der Waals surface area contributed by atoms with Crippen molar-refractivity contribution in [2.75, 3.05) is 6.61 Å². The zero-order valence-corrected chi connectivity index (χ0v) is 16.8. The van der Waals surface area contributed by atoms with Crippen LogP contribution in [0, 0.1) is 17.5 Å². The Hall–Kier alpha value is -3.01. The van der Waals surface area contributed by atoms with Crippen molar-refractivity contribution in [1.82, 2.24) is 9.55 Å². The van der Waals surface area contributed by atoms with E-state index in [0.29, 0.717) is 15.7 Å². The number of hydrogen-bond acceptors (Lipinski definition) is 4. The topological polar surface area (TPSA) is 90.6 Å². The SMILES string of the molecule is O=c1[nH]c(/C=C2\C=Nc3c2ccc(Cl)c3F)c(O)n1C(CO)c1c(F)cc(Cl)cc1F. The summed E-state index contributed by atoms with van der Waals surface area (Å²) in [5, 5.41) is 20.0. The number of imidazole rings is 1. The third-order valence-electron chi connectivity index (χ3n) is 4.80. The van der Waals surface area contributed by atoms with E-state index < -0.39 is 47.2 Å². The first-order chi connectivity index (χ1) is 14.7. The molecule has 1 aliphatic heterocycles. The van der Waals surface area contributed by atoms with Gasteiger partial charge < -0.3 is 15.2 Å². The summed E-state index contributed by atoms with van der Waals surface area (Å²) in [6.45, 7) is -0.898. The Balaban J connectivity index is 1.82. The van der Waals surface area contributed by atoms with Crippen molar-refractivity contribution in [3.05, 3.63) is 79.1 Å². The summed E-state index contributed by atoms with van der Waals surface area (Å²) in [4.78, 5) is 18.8. The van der Waals surface area contributed by atoms with Crippen LogP contribution < -0.4 is 5.69 Å². The molecule has 1 aromatic heterocycles. The summed E-state index contributed by atoms with van der Waals surface area (Å²) in [5.74, 6) is -3.61. The molecule has 0 radical (unpaired) electrons. The number of aromatic hydroxyl groups is 1. The predicted octanol–water partition coefficient (Wildman–Crippen LogP) is 4.44. The molecule has 160 valence electrons. The van der Waals surface area contributed by atoms with E-state index in [4.69, 9.17) is 23.2 Å². The molecule has 2 heterocycles. The number of nitrogens with zero attached hydrogens (tertiary/aromatic N) is 2. The molecular weight excluding hydrogens is 458 g/mol. The predicted molar refractivity (Wildman–Crippen MR) is 111 cm³/mol. The molecule has 1 aliphatic rings. The third-order valence-corrected chi connectivity index (χ3v) is 5.31. The van der Waals surface area contributed by atoms with Gasteiger partial charge in [-0.3, -0.25) is 9.56 Å². The van der Waals surface area contributed by atoms with Crippen LogP contribution in [0.1, 0.15) is 22.9 Å². The Kier molecular flexibility index (Phi) is 5.42. The number of rotatable bonds is 4. The van der Waals surface area contributed by atoms with Gasteiger partial charge in [0.2, 0.25) is 5.88 Å². The Labute approximate surface area is 182 Å². The third kappa shape index (κ3) is 3.54. The first-order valence-corrected chi connectivity index (χ1v) is 9.51. The molecule has 0 spiro atoms. The first kappa shape index (κ1) is 21.2. The maximum Gasteiger partial charge on any atom is 0.329 e. The van der Waals surface area contributed by atoms with E-state index in [1.807, 2.05) is 0 Å². The first-order valence-electron chi connectivity index (χ1n) is 8.75. The molecule has 0 saturated heterocycles. The fourth-order valence-electron chi connectivity index (χ4n) is 3.39. The van der Waals surface area contributed by atoms with Gasteiger partial charge in [0.05, 0.1) is 17.7 Å². The van der Waals surface area contributed by atoms with Gasteiger partial charge in [-0.2, -0.15) is 0 Å². The summed E-state index contributed by atoms with van der Waals surface area (Å²) in [7, 11) is 0. The summed E-state index contributed by atoms with van der Waals surface area (Å²) >= 11 is 11.4. The van der Waals surface area contributed by atoms with Gasteiger partial charge in [-0.25, -0.2) is 18.0 Å². The highest BCUT2D eigenvalue weighted by molar-refractivity contribution is 6.32. The second-order valence-corrected chi connectivity index (χ2v) is 7.48. The highest BCUT2D eigenvalue weighted by atomic mass is 35.5. The van der Waals surface area contributed by atoms with Gasteiger partial charge in [0, 0.05) is 27.9 Å². The molecule has 0 fully saturated rings. The van der Waals surface area contributed by atoms with Crippen LogP contribution in [0.15, 0.2) is 34.1 Å². The van der Waals surface area contributed by atoms with Gasteiger partial charge in [0.1, 0.15) is 23.0 Å². The maximum absolute atomic E-state index is 14.3. The molecule has 0 bridgehead atoms. The molecule has 31 heavy (non-hydrogen) atoms. The molecule has 1 atom stereocenters. The number of allylic oxidation sites excluding steroid dienone is 1. The number of H-pyrrole nitrogens is 1. The van der Waals surface area contributed by atoms with Crippen LogP contribution in [-0.4, -0.2) is 32.6 Å². The molecule has 0 aliphatic carbocycles. The van der Waals surface area contributed by atoms with Gasteiger partial charge in [0.25, 0.3) is 0 Å². The number of aliphatic hydroxyl groups is 1. The molecule has 3 N–H and O–H groups in total. The minimum absolute atomic E-state index is 0.00133. The lowest BCUT2D eigenvalue weighted by Gasteiger charge is -2.18. The van der Waals surface area contributed by atoms with Crippen LogP contribution in [0.3, 0.4) is 0 Å². The number of aliphatic hydroxyl groups excluding tert-OH is 1. The summed E-state index contributed by atoms with van der Waals surface area (Å²) in [6.07, 6.45) is 2.61. The number of halogens is 5. The number of aliphatic imine (C=N–C) groups is 1. The largest absolute Gasteiger partial charge is 0.493 e. The molecule has 0 amide bonds. The van der Waals surface area contributed by atoms with Crippen molar-refractivity contribution in [2.45, 2.75) is 6.04 Å². The molecule has 2 aromatic carbocycles. The number of aromatic nitrogens is 2. The molecule has 0 saturated carbocycles. The average molecular weight is 470 g/mol. The van der Waals surface area contributed by atoms with Crippen molar-refractivity contribution in [3.8, 4) is 5.88 Å². The molecule has 6 nitrogen and oxygen atoms in total. The molecule has 4 rings (SSSR count). The normalized spacial score (nSPS) is 15.0. The van der Waals surface area contributed by atoms with E-state index in [1.165, 1.54) is 24.4 Å². The second kappa shape index (κ2) is 7.92. The van der Waals surface area contributed by atoms with Crippen LogP contribution >= 0.6 is 23.2 Å². The van der Waals surface area contributed by atoms with E-state index in [-0.39, 0.29) is 21.4 Å². The zero-order valence-electron chi connectivity index (χ0n) is 15.3. The Morgan fingerprint density at radius 2 is 1.87 bits per heavy atom. The summed E-state index contributed by atoms with van der Waals surface area (Å²) in [6, 6.07) is 2.92. The fourth-order valence-corrected chi connectivity index (χ4v) is 3.74. The van der Waals surface area contributed by atoms with Gasteiger partial charge in [-0.05, 0) is 24.3 Å². The zero-order chi connectivity index (χ0) is 22.4. The Morgan fingerprint density at radius 1 is 1.19 bits per heavy atom. The minimum atomic E-state index is -1.58. The van der Waals surface area contributed by atoms with E-state index in [0.717, 1.165) is 12.1 Å². The Morgan fingerprint density at radius 3 is 2.52 bits per heavy atom. The summed E-state index contributed by atoms with van der Waals surface area (Å²) in [5.41, 5.74) is -1.01. The minimum Gasteiger partial charge on any atom is -0.493 e. The van der Waals surface area contributed by atoms with Gasteiger partial charge >= 0.3 is 5.69 Å². The average Bonchev–Trinajstić information content (AvgIpc) is 3.23. The van der Waals surface area contributed by atoms with E-state index in [2.05, 4.69) is 9.98 Å². The number of benzene rings is 2. The lowest BCUT2D eigenvalue weighted by atomic mass is 10.1. The van der Waals surface area contributed by atoms with Crippen molar-refractivity contribution >= 4 is 46.8 Å². The summed E-state index contributed by atoms with van der Waals surface area (Å²) < 4.78 is 43.4. The highest BCUT2D eigenvalue weighted by Gasteiger charge is 2.28. The number of hydrogen-bond donors (Lipinski definition) is 3. The van der Waals surface area contributed by atoms with Crippen molar-refractivity contribution in [3.63, 3.8) is 0 Å². The lowest BCUT2D eigenvalue weighted by molar-refractivity contribution is 0.231. The standard InChI is InChI=1S/C20H12Cl2F3N3O3/c21-9-4-12(23)16(13(24)5-9)15(7-29)28-19(30)14(27-20(28)31)3-8-6-26-18-10(8)1-2-11(22)17(18)25/h1-6,15,29-30H,7H2,(H,27,31)/b8-3+. The Bertz CT molecular complexity index is 1310. The molecule has 3 aromatic rings. The van der Waals surface area contributed by atoms with E-state index in [1.54, 1.807) is 0 Å². The van der Waals surface area contributed by atoms with Gasteiger partial charge in [0.15, 0.2) is 5.82 Å². The van der Waals surface area contributed by atoms with Crippen LogP contribution in [0.2, 0.25) is 10.0 Å². The quantitative estimate of drug-likeness (QED) is 0.527. The fraction of sp³-hybridized carbons (Fsp3) is 0.100.